The molecule has 2 aliphatic heterocycles. The molecule has 0 aliphatic carbocycles. The molecule has 2 saturated heterocycles. The molecule has 0 unspecified atom stereocenters. The molecule has 2 atom stereocenters. The van der Waals surface area contributed by atoms with Gasteiger partial charge in [-0.3, -0.25) is 4.79 Å². The average Bonchev–Trinajstić information content (AvgIpc) is 3.11. The second-order valence-corrected chi connectivity index (χ2v) is 8.45. The molecule has 2 heterocycles. The molecule has 1 aromatic carbocycles. The van der Waals surface area contributed by atoms with E-state index >= 15 is 0 Å². The number of ether oxygens (including phenoxy) is 1. The van der Waals surface area contributed by atoms with E-state index in [0.717, 1.165) is 18.6 Å². The molecule has 10 heteroatoms. The van der Waals surface area contributed by atoms with E-state index < -0.39 is 21.9 Å². The number of carbonyl (C=O) groups excluding carboxylic acids is 1. The largest absolute Gasteiger partial charge is 0.364 e. The Hall–Kier alpha value is -1.26. The van der Waals surface area contributed by atoms with Crippen LogP contribution in [0.4, 0.5) is 4.39 Å². The fourth-order valence-corrected chi connectivity index (χ4v) is 4.69. The monoisotopic (exact) mass is 421 g/mol. The summed E-state index contributed by atoms with van der Waals surface area (Å²) in [5, 5.41) is 0. The third-order valence-electron chi connectivity index (χ3n) is 4.90. The van der Waals surface area contributed by atoms with Crippen LogP contribution >= 0.6 is 12.4 Å². The molecule has 7 nitrogen and oxygen atoms in total. The predicted molar refractivity (Wildman–Crippen MR) is 101 cm³/mol. The molecule has 0 radical (unpaired) electrons. The lowest BCUT2D eigenvalue weighted by Gasteiger charge is -2.33. The van der Waals surface area contributed by atoms with Crippen LogP contribution in [0.5, 0.6) is 0 Å². The van der Waals surface area contributed by atoms with Gasteiger partial charge in [-0.05, 0) is 49.9 Å². The number of hydrogen-bond donors (Lipinski definition) is 2. The van der Waals surface area contributed by atoms with Gasteiger partial charge in [-0.2, -0.15) is 0 Å². The average molecular weight is 422 g/mol. The second-order valence-electron chi connectivity index (χ2n) is 6.73. The van der Waals surface area contributed by atoms with Gasteiger partial charge in [-0.15, -0.1) is 12.4 Å². The number of piperidine rings is 1. The van der Waals surface area contributed by atoms with E-state index in [0.29, 0.717) is 38.9 Å². The summed E-state index contributed by atoms with van der Waals surface area (Å²) in [7, 11) is -3.70. The van der Waals surface area contributed by atoms with E-state index in [-0.39, 0.29) is 35.4 Å². The SMILES string of the molecule is Cl.NC[C@H]1CC[C@@H](C(=O)N2CCC(NS(=O)(=O)c3ccc(F)cc3)CC2)O1. The summed E-state index contributed by atoms with van der Waals surface area (Å²) in [5.41, 5.74) is 5.57. The lowest BCUT2D eigenvalue weighted by molar-refractivity contribution is -0.143. The van der Waals surface area contributed by atoms with Crippen LogP contribution in [0.2, 0.25) is 0 Å². The summed E-state index contributed by atoms with van der Waals surface area (Å²) in [6.07, 6.45) is 2.04. The van der Waals surface area contributed by atoms with Crippen LogP contribution in [0.3, 0.4) is 0 Å². The summed E-state index contributed by atoms with van der Waals surface area (Å²) in [6, 6.07) is 4.46. The number of benzene rings is 1. The predicted octanol–water partition coefficient (Wildman–Crippen LogP) is 1.02. The lowest BCUT2D eigenvalue weighted by Crippen LogP contribution is -2.49. The quantitative estimate of drug-likeness (QED) is 0.739. The molecule has 0 saturated carbocycles. The van der Waals surface area contributed by atoms with Crippen molar-refractivity contribution in [3.63, 3.8) is 0 Å². The van der Waals surface area contributed by atoms with Crippen molar-refractivity contribution in [3.05, 3.63) is 30.1 Å². The minimum atomic E-state index is -3.70. The van der Waals surface area contributed by atoms with Gasteiger partial charge in [0.1, 0.15) is 11.9 Å². The van der Waals surface area contributed by atoms with Crippen molar-refractivity contribution in [1.82, 2.24) is 9.62 Å². The Morgan fingerprint density at radius 2 is 1.81 bits per heavy atom. The Labute approximate surface area is 164 Å². The first kappa shape index (κ1) is 22.0. The van der Waals surface area contributed by atoms with Crippen molar-refractivity contribution in [3.8, 4) is 0 Å². The number of amides is 1. The number of carbonyl (C=O) groups is 1. The van der Waals surface area contributed by atoms with Crippen molar-refractivity contribution in [1.29, 1.82) is 0 Å². The Morgan fingerprint density at radius 3 is 2.37 bits per heavy atom. The van der Waals surface area contributed by atoms with E-state index in [1.165, 1.54) is 12.1 Å². The lowest BCUT2D eigenvalue weighted by atomic mass is 10.0. The number of rotatable bonds is 5. The summed E-state index contributed by atoms with van der Waals surface area (Å²) in [5.74, 6) is -0.525. The molecule has 27 heavy (non-hydrogen) atoms. The summed E-state index contributed by atoms with van der Waals surface area (Å²) in [4.78, 5) is 14.3. The highest BCUT2D eigenvalue weighted by molar-refractivity contribution is 7.89. The highest BCUT2D eigenvalue weighted by Crippen LogP contribution is 2.23. The van der Waals surface area contributed by atoms with Gasteiger partial charge in [0.05, 0.1) is 11.0 Å². The molecule has 0 spiro atoms. The van der Waals surface area contributed by atoms with Crippen molar-refractivity contribution < 1.29 is 22.3 Å². The number of hydrogen-bond acceptors (Lipinski definition) is 5. The maximum Gasteiger partial charge on any atom is 0.251 e. The molecule has 3 N–H and O–H groups in total. The standard InChI is InChI=1S/C17H24FN3O4S.ClH/c18-12-1-4-15(5-2-12)26(23,24)20-13-7-9-21(10-8-13)17(22)16-6-3-14(11-19)25-16;/h1-2,4-5,13-14,16,20H,3,6-11,19H2;1H/t14-,16+;/m1./s1. The maximum atomic E-state index is 13.0. The second kappa shape index (κ2) is 9.29. The normalized spacial score (nSPS) is 23.9. The Bertz CT molecular complexity index is 739. The van der Waals surface area contributed by atoms with Crippen LogP contribution in [0.15, 0.2) is 29.2 Å². The van der Waals surface area contributed by atoms with E-state index in [2.05, 4.69) is 4.72 Å². The fourth-order valence-electron chi connectivity index (χ4n) is 3.38. The van der Waals surface area contributed by atoms with Crippen molar-refractivity contribution in [2.75, 3.05) is 19.6 Å². The van der Waals surface area contributed by atoms with Gasteiger partial charge >= 0.3 is 0 Å². The first-order valence-corrected chi connectivity index (χ1v) is 10.3. The van der Waals surface area contributed by atoms with Crippen LogP contribution < -0.4 is 10.5 Å². The van der Waals surface area contributed by atoms with Gasteiger partial charge in [0.15, 0.2) is 0 Å². The molecule has 1 aromatic rings. The number of halogens is 2. The number of sulfonamides is 1. The molecule has 0 aromatic heterocycles. The smallest absolute Gasteiger partial charge is 0.251 e. The Kier molecular flexibility index (Phi) is 7.58. The highest BCUT2D eigenvalue weighted by atomic mass is 35.5. The molecule has 152 valence electrons. The first-order chi connectivity index (χ1) is 12.4. The molecular weight excluding hydrogens is 397 g/mol. The van der Waals surface area contributed by atoms with Gasteiger partial charge in [-0.25, -0.2) is 17.5 Å². The van der Waals surface area contributed by atoms with Gasteiger partial charge in [0, 0.05) is 25.7 Å². The Morgan fingerprint density at radius 1 is 1.19 bits per heavy atom. The Balaban J connectivity index is 0.00000261. The molecule has 0 bridgehead atoms. The van der Waals surface area contributed by atoms with Crippen LogP contribution in [0.25, 0.3) is 0 Å². The van der Waals surface area contributed by atoms with Gasteiger partial charge in [0.25, 0.3) is 5.91 Å². The van der Waals surface area contributed by atoms with Crippen molar-refractivity contribution in [2.24, 2.45) is 5.73 Å². The topological polar surface area (TPSA) is 102 Å². The fraction of sp³-hybridized carbons (Fsp3) is 0.588. The first-order valence-electron chi connectivity index (χ1n) is 8.81. The van der Waals surface area contributed by atoms with Gasteiger partial charge < -0.3 is 15.4 Å². The summed E-state index contributed by atoms with van der Waals surface area (Å²) in [6.45, 7) is 1.36. The van der Waals surface area contributed by atoms with Gasteiger partial charge in [-0.1, -0.05) is 0 Å². The summed E-state index contributed by atoms with van der Waals surface area (Å²) >= 11 is 0. The van der Waals surface area contributed by atoms with Crippen LogP contribution in [-0.2, 0) is 19.6 Å². The van der Waals surface area contributed by atoms with Crippen LogP contribution in [0, 0.1) is 5.82 Å². The minimum Gasteiger partial charge on any atom is -0.364 e. The minimum absolute atomic E-state index is 0. The highest BCUT2D eigenvalue weighted by Gasteiger charge is 2.35. The third kappa shape index (κ3) is 5.39. The van der Waals surface area contributed by atoms with Crippen LogP contribution in [-0.4, -0.2) is 57.1 Å². The summed E-state index contributed by atoms with van der Waals surface area (Å²) < 4.78 is 46.0. The van der Waals surface area contributed by atoms with E-state index in [4.69, 9.17) is 10.5 Å². The molecule has 1 amide bonds. The molecule has 2 fully saturated rings. The number of nitrogens with two attached hydrogens (primary N) is 1. The molecular formula is C17H25ClFN3O4S. The third-order valence-corrected chi connectivity index (χ3v) is 6.43. The number of likely N-dealkylation sites (tertiary alicyclic amines) is 1. The zero-order valence-electron chi connectivity index (χ0n) is 14.8. The van der Waals surface area contributed by atoms with E-state index in [9.17, 15) is 17.6 Å². The zero-order valence-corrected chi connectivity index (χ0v) is 16.5. The molecule has 2 aliphatic rings. The van der Waals surface area contributed by atoms with E-state index in [1.807, 2.05) is 0 Å². The number of nitrogens with zero attached hydrogens (tertiary/aromatic N) is 1. The van der Waals surface area contributed by atoms with E-state index in [1.54, 1.807) is 4.90 Å². The van der Waals surface area contributed by atoms with Crippen LogP contribution in [0.1, 0.15) is 25.7 Å². The van der Waals surface area contributed by atoms with Crippen molar-refractivity contribution in [2.45, 2.75) is 48.8 Å². The zero-order chi connectivity index (χ0) is 18.7. The number of nitrogens with one attached hydrogen (secondary N) is 1. The maximum absolute atomic E-state index is 13.0. The molecule has 3 rings (SSSR count). The van der Waals surface area contributed by atoms with Crippen molar-refractivity contribution >= 4 is 28.3 Å². The van der Waals surface area contributed by atoms with Gasteiger partial charge in [0.2, 0.25) is 10.0 Å².